The molecule has 0 unspecified atom stereocenters. The molecule has 1 heteroatoms. The topological polar surface area (TPSA) is 12.0 Å². The van der Waals surface area contributed by atoms with E-state index in [9.17, 15) is 0 Å². The lowest BCUT2D eigenvalue weighted by atomic mass is 9.82. The van der Waals surface area contributed by atoms with Gasteiger partial charge >= 0.3 is 0 Å². The van der Waals surface area contributed by atoms with E-state index in [-0.39, 0.29) is 0 Å². The predicted molar refractivity (Wildman–Crippen MR) is 75.5 cm³/mol. The first-order valence-electron chi connectivity index (χ1n) is 7.19. The van der Waals surface area contributed by atoms with Gasteiger partial charge in [-0.15, -0.1) is 0 Å². The van der Waals surface area contributed by atoms with Crippen LogP contribution < -0.4 is 5.32 Å². The van der Waals surface area contributed by atoms with Crippen LogP contribution >= 0.6 is 0 Å². The van der Waals surface area contributed by atoms with E-state index in [0.717, 1.165) is 5.92 Å². The van der Waals surface area contributed by atoms with Crippen molar-refractivity contribution in [3.8, 4) is 0 Å². The second kappa shape index (κ2) is 6.09. The largest absolute Gasteiger partial charge is 0.382 e. The van der Waals surface area contributed by atoms with Crippen molar-refractivity contribution >= 4 is 5.69 Å². The number of hydrogen-bond donors (Lipinski definition) is 1. The van der Waals surface area contributed by atoms with Crippen LogP contribution in [0.3, 0.4) is 0 Å². The number of anilines is 1. The summed E-state index contributed by atoms with van der Waals surface area (Å²) in [6, 6.07) is 9.51. The molecule has 0 spiro atoms. The minimum atomic E-state index is 0.699. The average Bonchev–Trinajstić information content (AvgIpc) is 2.36. The zero-order chi connectivity index (χ0) is 12.1. The Morgan fingerprint density at radius 3 is 2.71 bits per heavy atom. The van der Waals surface area contributed by atoms with E-state index in [1.807, 2.05) is 0 Å². The molecule has 17 heavy (non-hydrogen) atoms. The van der Waals surface area contributed by atoms with Gasteiger partial charge in [0, 0.05) is 11.7 Å². The van der Waals surface area contributed by atoms with Crippen LogP contribution in [0.15, 0.2) is 24.3 Å². The number of rotatable bonds is 5. The molecular formula is C16H25N. The van der Waals surface area contributed by atoms with Crippen molar-refractivity contribution in [3.05, 3.63) is 29.8 Å². The maximum Gasteiger partial charge on any atom is 0.0375 e. The molecule has 94 valence electrons. The van der Waals surface area contributed by atoms with Gasteiger partial charge in [-0.05, 0) is 36.8 Å². The van der Waals surface area contributed by atoms with Gasteiger partial charge in [-0.25, -0.2) is 0 Å². The summed E-state index contributed by atoms with van der Waals surface area (Å²) in [5.74, 6) is 0.835. The Kier molecular flexibility index (Phi) is 4.47. The molecule has 0 aliphatic carbocycles. The number of unbranched alkanes of at least 4 members (excludes halogenated alkanes) is 1. The molecule has 1 aromatic rings. The van der Waals surface area contributed by atoms with E-state index in [1.165, 1.54) is 49.8 Å². The van der Waals surface area contributed by atoms with Gasteiger partial charge in [0.1, 0.15) is 0 Å². The van der Waals surface area contributed by atoms with Crippen LogP contribution in [-0.2, 0) is 6.42 Å². The van der Waals surface area contributed by atoms with E-state index < -0.39 is 0 Å². The number of fused-ring (bicyclic) bond motifs is 1. The molecule has 0 saturated carbocycles. The fourth-order valence-corrected chi connectivity index (χ4v) is 2.99. The molecule has 1 aliphatic heterocycles. The monoisotopic (exact) mass is 231 g/mol. The van der Waals surface area contributed by atoms with E-state index >= 15 is 0 Å². The highest BCUT2D eigenvalue weighted by molar-refractivity contribution is 5.54. The van der Waals surface area contributed by atoms with Gasteiger partial charge in [-0.3, -0.25) is 0 Å². The smallest absolute Gasteiger partial charge is 0.0375 e. The van der Waals surface area contributed by atoms with E-state index in [2.05, 4.69) is 43.4 Å². The fraction of sp³-hybridized carbons (Fsp3) is 0.625. The lowest BCUT2D eigenvalue weighted by Crippen LogP contribution is -2.35. The molecule has 1 heterocycles. The molecule has 0 aromatic heterocycles. The molecule has 1 aliphatic rings. The van der Waals surface area contributed by atoms with E-state index in [1.54, 1.807) is 0 Å². The Morgan fingerprint density at radius 1 is 1.12 bits per heavy atom. The SMILES string of the molecule is CCCC[C@H]1Nc2ccccc2C[C@H]1CCC. The van der Waals surface area contributed by atoms with Crippen molar-refractivity contribution in [2.75, 3.05) is 5.32 Å². The van der Waals surface area contributed by atoms with E-state index in [4.69, 9.17) is 0 Å². The van der Waals surface area contributed by atoms with Crippen LogP contribution in [0.25, 0.3) is 0 Å². The van der Waals surface area contributed by atoms with Crippen LogP contribution in [0.1, 0.15) is 51.5 Å². The van der Waals surface area contributed by atoms with Gasteiger partial charge < -0.3 is 5.32 Å². The highest BCUT2D eigenvalue weighted by Crippen LogP contribution is 2.32. The molecule has 1 N–H and O–H groups in total. The molecule has 0 saturated heterocycles. The summed E-state index contributed by atoms with van der Waals surface area (Å²) < 4.78 is 0. The molecule has 0 amide bonds. The first-order valence-corrected chi connectivity index (χ1v) is 7.19. The lowest BCUT2D eigenvalue weighted by Gasteiger charge is -2.35. The van der Waals surface area contributed by atoms with Crippen molar-refractivity contribution in [1.29, 1.82) is 0 Å². The molecule has 1 nitrogen and oxygen atoms in total. The Labute approximate surface area is 106 Å². The summed E-state index contributed by atoms with van der Waals surface area (Å²) >= 11 is 0. The standard InChI is InChI=1S/C16H25N/c1-3-5-10-15-13(8-4-2)12-14-9-6-7-11-16(14)17-15/h6-7,9,11,13,15,17H,3-5,8,10,12H2,1-2H3/t13-,15-/m1/s1. The van der Waals surface area contributed by atoms with Gasteiger partial charge in [0.25, 0.3) is 0 Å². The first-order chi connectivity index (χ1) is 8.35. The summed E-state index contributed by atoms with van der Waals surface area (Å²) in [5, 5.41) is 3.77. The average molecular weight is 231 g/mol. The zero-order valence-electron chi connectivity index (χ0n) is 11.2. The van der Waals surface area contributed by atoms with Crippen molar-refractivity contribution in [3.63, 3.8) is 0 Å². The van der Waals surface area contributed by atoms with Gasteiger partial charge in [0.2, 0.25) is 0 Å². The van der Waals surface area contributed by atoms with Gasteiger partial charge in [-0.1, -0.05) is 51.3 Å². The van der Waals surface area contributed by atoms with Gasteiger partial charge in [-0.2, -0.15) is 0 Å². The Bertz CT molecular complexity index is 345. The number of nitrogens with one attached hydrogen (secondary N) is 1. The summed E-state index contributed by atoms with van der Waals surface area (Å²) in [6.45, 7) is 4.59. The third kappa shape index (κ3) is 3.02. The highest BCUT2D eigenvalue weighted by Gasteiger charge is 2.26. The normalized spacial score (nSPS) is 22.9. The Hall–Kier alpha value is -0.980. The summed E-state index contributed by atoms with van der Waals surface area (Å²) in [6.07, 6.45) is 7.91. The van der Waals surface area contributed by atoms with Crippen molar-refractivity contribution < 1.29 is 0 Å². The second-order valence-electron chi connectivity index (χ2n) is 5.30. The predicted octanol–water partition coefficient (Wildman–Crippen LogP) is 4.63. The first kappa shape index (κ1) is 12.5. The molecule has 2 atom stereocenters. The fourth-order valence-electron chi connectivity index (χ4n) is 2.99. The second-order valence-corrected chi connectivity index (χ2v) is 5.30. The quantitative estimate of drug-likeness (QED) is 0.779. The van der Waals surface area contributed by atoms with Crippen LogP contribution in [0.4, 0.5) is 5.69 Å². The van der Waals surface area contributed by atoms with Crippen LogP contribution in [0.2, 0.25) is 0 Å². The molecule has 1 aromatic carbocycles. The highest BCUT2D eigenvalue weighted by atomic mass is 14.9. The maximum absolute atomic E-state index is 3.77. The summed E-state index contributed by atoms with van der Waals surface area (Å²) in [5.41, 5.74) is 2.89. The molecule has 0 fully saturated rings. The summed E-state index contributed by atoms with van der Waals surface area (Å²) in [4.78, 5) is 0. The number of para-hydroxylation sites is 1. The van der Waals surface area contributed by atoms with Gasteiger partial charge in [0.15, 0.2) is 0 Å². The maximum atomic E-state index is 3.77. The number of benzene rings is 1. The van der Waals surface area contributed by atoms with Gasteiger partial charge in [0.05, 0.1) is 0 Å². The van der Waals surface area contributed by atoms with Crippen molar-refractivity contribution in [2.24, 2.45) is 5.92 Å². The summed E-state index contributed by atoms with van der Waals surface area (Å²) in [7, 11) is 0. The molecule has 0 radical (unpaired) electrons. The van der Waals surface area contributed by atoms with Crippen LogP contribution in [0, 0.1) is 5.92 Å². The van der Waals surface area contributed by atoms with Crippen molar-refractivity contribution in [2.45, 2.75) is 58.4 Å². The van der Waals surface area contributed by atoms with Crippen molar-refractivity contribution in [1.82, 2.24) is 0 Å². The third-order valence-corrected chi connectivity index (χ3v) is 3.94. The molecule has 0 bridgehead atoms. The lowest BCUT2D eigenvalue weighted by molar-refractivity contribution is 0.372. The van der Waals surface area contributed by atoms with Crippen LogP contribution in [0.5, 0.6) is 0 Å². The minimum Gasteiger partial charge on any atom is -0.382 e. The zero-order valence-corrected chi connectivity index (χ0v) is 11.2. The van der Waals surface area contributed by atoms with Crippen LogP contribution in [-0.4, -0.2) is 6.04 Å². The Balaban J connectivity index is 2.09. The molecular weight excluding hydrogens is 206 g/mol. The third-order valence-electron chi connectivity index (χ3n) is 3.94. The Morgan fingerprint density at radius 2 is 1.94 bits per heavy atom. The number of hydrogen-bond acceptors (Lipinski definition) is 1. The van der Waals surface area contributed by atoms with E-state index in [0.29, 0.717) is 6.04 Å². The minimum absolute atomic E-state index is 0.699. The molecule has 2 rings (SSSR count).